The molecular weight excluding hydrogens is 464 g/mol. The molecule has 3 aliphatic rings. The average molecular weight is 496 g/mol. The number of halogens is 2. The van der Waals surface area contributed by atoms with E-state index in [4.69, 9.17) is 4.98 Å². The summed E-state index contributed by atoms with van der Waals surface area (Å²) in [5.41, 5.74) is 4.63. The van der Waals surface area contributed by atoms with Crippen LogP contribution in [0.25, 0.3) is 16.8 Å². The molecule has 2 aliphatic heterocycles. The highest BCUT2D eigenvalue weighted by atomic mass is 19.3. The third-order valence-corrected chi connectivity index (χ3v) is 8.10. The van der Waals surface area contributed by atoms with Crippen molar-refractivity contribution in [1.82, 2.24) is 24.5 Å². The molecule has 10 heteroatoms. The number of anilines is 1. The standard InChI is InChI=1S/C26H29F2N7O.H2/c1-15-19(11-23(27)28)24-21(30-15)4-3-20(32-24)18-5-8-35-22(18)14-29-25(33-35)31-17-12-26(13-17)6-9-34(10-7-26)16(2)36;/h3-5,8,14,17,19,23H,6-7,9-13H2,1-2H3,(H,31,33);1H. The van der Waals surface area contributed by atoms with Crippen molar-refractivity contribution in [2.24, 2.45) is 10.4 Å². The summed E-state index contributed by atoms with van der Waals surface area (Å²) >= 11 is 0. The number of rotatable bonds is 5. The molecule has 1 spiro atoms. The summed E-state index contributed by atoms with van der Waals surface area (Å²) in [5, 5.41) is 8.11. The van der Waals surface area contributed by atoms with Crippen molar-refractivity contribution in [2.45, 2.75) is 64.3 Å². The number of fused-ring (bicyclic) bond motifs is 2. The Morgan fingerprint density at radius 2 is 2.03 bits per heavy atom. The van der Waals surface area contributed by atoms with Crippen molar-refractivity contribution in [3.63, 3.8) is 0 Å². The summed E-state index contributed by atoms with van der Waals surface area (Å²) in [4.78, 5) is 27.2. The fourth-order valence-electron chi connectivity index (χ4n) is 6.05. The van der Waals surface area contributed by atoms with Gasteiger partial charge in [0.05, 0.1) is 28.8 Å². The van der Waals surface area contributed by atoms with E-state index in [1.54, 1.807) is 24.6 Å². The van der Waals surface area contributed by atoms with Gasteiger partial charge in [-0.3, -0.25) is 9.79 Å². The SMILES string of the molecule is CC(=O)N1CCC2(CC1)CC(Nc1ncc3c(-c4ccc5c(n4)C(CC(F)F)C(C)=N5)ccn3n1)C2.[HH]. The zero-order valence-electron chi connectivity index (χ0n) is 20.4. The van der Waals surface area contributed by atoms with Crippen LogP contribution in [0.5, 0.6) is 0 Å². The third kappa shape index (κ3) is 4.02. The van der Waals surface area contributed by atoms with E-state index in [2.05, 4.69) is 20.4 Å². The number of nitrogens with one attached hydrogen (secondary N) is 1. The topological polar surface area (TPSA) is 87.8 Å². The number of alkyl halides is 2. The summed E-state index contributed by atoms with van der Waals surface area (Å²) in [6.07, 6.45) is 5.21. The largest absolute Gasteiger partial charge is 0.350 e. The zero-order chi connectivity index (χ0) is 25.0. The molecule has 1 amide bonds. The van der Waals surface area contributed by atoms with Gasteiger partial charge >= 0.3 is 0 Å². The molecule has 190 valence electrons. The van der Waals surface area contributed by atoms with E-state index in [1.165, 1.54) is 0 Å². The second-order valence-corrected chi connectivity index (χ2v) is 10.4. The molecule has 0 radical (unpaired) electrons. The highest BCUT2D eigenvalue weighted by Gasteiger charge is 2.46. The fraction of sp³-hybridized carbons (Fsp3) is 0.500. The Labute approximate surface area is 209 Å². The van der Waals surface area contributed by atoms with Gasteiger partial charge in [-0.25, -0.2) is 23.3 Å². The highest BCUT2D eigenvalue weighted by Crippen LogP contribution is 2.49. The van der Waals surface area contributed by atoms with Gasteiger partial charge in [-0.2, -0.15) is 0 Å². The number of carbonyl (C=O) groups is 1. The van der Waals surface area contributed by atoms with Crippen LogP contribution in [0.3, 0.4) is 0 Å². The monoisotopic (exact) mass is 495 g/mol. The first-order valence-electron chi connectivity index (χ1n) is 12.5. The van der Waals surface area contributed by atoms with Crippen molar-refractivity contribution in [3.8, 4) is 11.3 Å². The van der Waals surface area contributed by atoms with Gasteiger partial charge in [0.15, 0.2) is 0 Å². The normalized spacial score (nSPS) is 21.1. The predicted molar refractivity (Wildman–Crippen MR) is 135 cm³/mol. The van der Waals surface area contributed by atoms with Crippen molar-refractivity contribution in [1.29, 1.82) is 0 Å². The second-order valence-electron chi connectivity index (χ2n) is 10.4. The first-order chi connectivity index (χ1) is 17.3. The van der Waals surface area contributed by atoms with Crippen LogP contribution in [0.15, 0.2) is 35.6 Å². The van der Waals surface area contributed by atoms with E-state index >= 15 is 0 Å². The maximum atomic E-state index is 13.1. The summed E-state index contributed by atoms with van der Waals surface area (Å²) in [6, 6.07) is 5.97. The Morgan fingerprint density at radius 1 is 1.25 bits per heavy atom. The van der Waals surface area contributed by atoms with Crippen LogP contribution in [0.2, 0.25) is 0 Å². The molecule has 3 aromatic heterocycles. The number of amides is 1. The van der Waals surface area contributed by atoms with Gasteiger partial charge in [0.1, 0.15) is 0 Å². The van der Waals surface area contributed by atoms with Gasteiger partial charge < -0.3 is 10.2 Å². The summed E-state index contributed by atoms with van der Waals surface area (Å²) < 4.78 is 28.0. The average Bonchev–Trinajstić information content (AvgIpc) is 3.38. The fourth-order valence-corrected chi connectivity index (χ4v) is 6.05. The van der Waals surface area contributed by atoms with Crippen LogP contribution in [-0.2, 0) is 4.79 Å². The van der Waals surface area contributed by atoms with Crippen molar-refractivity contribution < 1.29 is 15.0 Å². The molecule has 1 N–H and O–H groups in total. The summed E-state index contributed by atoms with van der Waals surface area (Å²) in [5.74, 6) is 0.285. The van der Waals surface area contributed by atoms with Crippen LogP contribution in [0, 0.1) is 5.41 Å². The smallest absolute Gasteiger partial charge is 0.241 e. The molecule has 5 heterocycles. The van der Waals surface area contributed by atoms with Crippen molar-refractivity contribution in [3.05, 3.63) is 36.3 Å². The van der Waals surface area contributed by atoms with Crippen LogP contribution in [0.4, 0.5) is 20.4 Å². The lowest BCUT2D eigenvalue weighted by Gasteiger charge is -2.52. The summed E-state index contributed by atoms with van der Waals surface area (Å²) in [6.45, 7) is 5.12. The number of carbonyl (C=O) groups excluding carboxylic acids is 1. The minimum atomic E-state index is -2.41. The number of aromatic nitrogens is 4. The Kier molecular flexibility index (Phi) is 5.49. The number of aliphatic imine (C=N–C) groups is 1. The maximum Gasteiger partial charge on any atom is 0.241 e. The number of hydrogen-bond donors (Lipinski definition) is 1. The summed E-state index contributed by atoms with van der Waals surface area (Å²) in [7, 11) is 0. The molecule has 0 aromatic carbocycles. The van der Waals surface area contributed by atoms with E-state index in [1.807, 2.05) is 29.3 Å². The van der Waals surface area contributed by atoms with Gasteiger partial charge in [-0.15, -0.1) is 5.10 Å². The molecule has 36 heavy (non-hydrogen) atoms. The Morgan fingerprint density at radius 3 is 2.75 bits per heavy atom. The molecular formula is C26H31F2N7O. The lowest BCUT2D eigenvalue weighted by molar-refractivity contribution is -0.132. The van der Waals surface area contributed by atoms with Crippen LogP contribution in [-0.4, -0.2) is 61.7 Å². The molecule has 8 nitrogen and oxygen atoms in total. The molecule has 1 atom stereocenters. The van der Waals surface area contributed by atoms with Gasteiger partial charge in [0.2, 0.25) is 18.3 Å². The molecule has 3 aromatic rings. The number of piperidine rings is 1. The van der Waals surface area contributed by atoms with E-state index in [9.17, 15) is 13.6 Å². The lowest BCUT2D eigenvalue weighted by Crippen LogP contribution is -2.52. The zero-order valence-corrected chi connectivity index (χ0v) is 20.4. The molecule has 1 saturated heterocycles. The van der Waals surface area contributed by atoms with Crippen LogP contribution >= 0.6 is 0 Å². The first kappa shape index (κ1) is 23.0. The quantitative estimate of drug-likeness (QED) is 0.533. The molecule has 2 fully saturated rings. The second kappa shape index (κ2) is 8.60. The number of nitrogens with zero attached hydrogens (tertiary/aromatic N) is 6. The van der Waals surface area contributed by atoms with Crippen molar-refractivity contribution in [2.75, 3.05) is 18.4 Å². The minimum Gasteiger partial charge on any atom is -0.350 e. The number of likely N-dealkylation sites (tertiary alicyclic amines) is 1. The third-order valence-electron chi connectivity index (χ3n) is 8.10. The van der Waals surface area contributed by atoms with Crippen molar-refractivity contribution >= 4 is 28.8 Å². The Balaban J connectivity index is 0.00000280. The van der Waals surface area contributed by atoms with E-state index < -0.39 is 12.3 Å². The first-order valence-corrected chi connectivity index (χ1v) is 12.5. The van der Waals surface area contributed by atoms with Gasteiger partial charge in [-0.05, 0) is 56.2 Å². The molecule has 1 aliphatic carbocycles. The minimum absolute atomic E-state index is 0. The predicted octanol–water partition coefficient (Wildman–Crippen LogP) is 5.09. The molecule has 0 bridgehead atoms. The van der Waals surface area contributed by atoms with Gasteiger partial charge in [-0.1, -0.05) is 0 Å². The molecule has 6 rings (SSSR count). The van der Waals surface area contributed by atoms with Gasteiger partial charge in [0.25, 0.3) is 0 Å². The van der Waals surface area contributed by atoms with E-state index in [0.717, 1.165) is 49.9 Å². The Bertz CT molecular complexity index is 1360. The van der Waals surface area contributed by atoms with Gasteiger partial charge in [0, 0.05) is 57.3 Å². The van der Waals surface area contributed by atoms with Crippen LogP contribution < -0.4 is 5.32 Å². The lowest BCUT2D eigenvalue weighted by atomic mass is 9.60. The highest BCUT2D eigenvalue weighted by molar-refractivity contribution is 5.96. The molecule has 1 unspecified atom stereocenters. The van der Waals surface area contributed by atoms with E-state index in [-0.39, 0.29) is 13.8 Å². The number of pyridine rings is 1. The Hall–Kier alpha value is -3.43. The maximum absolute atomic E-state index is 13.1. The van der Waals surface area contributed by atoms with E-state index in [0.29, 0.717) is 40.2 Å². The molecule has 1 saturated carbocycles. The van der Waals surface area contributed by atoms with Crippen LogP contribution in [0.1, 0.15) is 59.0 Å². The number of hydrogen-bond acceptors (Lipinski definition) is 6.